The number of hydrogen-bond acceptors (Lipinski definition) is 2. The summed E-state index contributed by atoms with van der Waals surface area (Å²) >= 11 is 3.43. The third-order valence-electron chi connectivity index (χ3n) is 3.83. The van der Waals surface area contributed by atoms with Gasteiger partial charge in [-0.2, -0.15) is 0 Å². The molecule has 0 aromatic heterocycles. The first-order chi connectivity index (χ1) is 8.99. The van der Waals surface area contributed by atoms with E-state index in [2.05, 4.69) is 28.2 Å². The van der Waals surface area contributed by atoms with Crippen molar-refractivity contribution in [3.8, 4) is 0 Å². The number of benzene rings is 1. The van der Waals surface area contributed by atoms with E-state index in [1.807, 2.05) is 24.3 Å². The average molecular weight is 325 g/mol. The topological polar surface area (TPSA) is 55.1 Å². The Hall–Kier alpha value is -0.870. The molecule has 104 valence electrons. The van der Waals surface area contributed by atoms with Crippen molar-refractivity contribution in [2.45, 2.75) is 44.7 Å². The molecule has 0 spiro atoms. The molecule has 1 fully saturated rings. The van der Waals surface area contributed by atoms with Crippen LogP contribution in [0.25, 0.3) is 0 Å². The van der Waals surface area contributed by atoms with E-state index in [-0.39, 0.29) is 5.91 Å². The molecule has 1 amide bonds. The van der Waals surface area contributed by atoms with Gasteiger partial charge in [-0.1, -0.05) is 47.8 Å². The molecule has 1 aliphatic rings. The number of amides is 1. The molecule has 1 aromatic carbocycles. The van der Waals surface area contributed by atoms with Crippen molar-refractivity contribution in [2.75, 3.05) is 0 Å². The lowest BCUT2D eigenvalue weighted by Gasteiger charge is -2.35. The molecule has 0 bridgehead atoms. The highest BCUT2D eigenvalue weighted by Crippen LogP contribution is 2.30. The number of carbonyl (C=O) groups excluding carboxylic acids is 1. The second kappa shape index (κ2) is 6.06. The molecule has 0 saturated heterocycles. The van der Waals surface area contributed by atoms with Gasteiger partial charge in [0.25, 0.3) is 0 Å². The minimum Gasteiger partial charge on any atom is -0.350 e. The third kappa shape index (κ3) is 3.80. The van der Waals surface area contributed by atoms with Gasteiger partial charge in [-0.3, -0.25) is 4.79 Å². The molecule has 3 nitrogen and oxygen atoms in total. The summed E-state index contributed by atoms with van der Waals surface area (Å²) in [6.45, 7) is 2.70. The average Bonchev–Trinajstić information content (AvgIpc) is 2.35. The number of nitrogens with one attached hydrogen (secondary N) is 1. The van der Waals surface area contributed by atoms with E-state index in [1.165, 1.54) is 6.42 Å². The van der Waals surface area contributed by atoms with Crippen LogP contribution in [0.4, 0.5) is 0 Å². The van der Waals surface area contributed by atoms with Crippen molar-refractivity contribution >= 4 is 21.8 Å². The van der Waals surface area contributed by atoms with Crippen LogP contribution in [0.5, 0.6) is 0 Å². The smallest absolute Gasteiger partial charge is 0.240 e. The number of rotatable bonds is 3. The maximum atomic E-state index is 12.3. The van der Waals surface area contributed by atoms with Gasteiger partial charge in [0, 0.05) is 11.0 Å². The zero-order valence-corrected chi connectivity index (χ0v) is 12.9. The van der Waals surface area contributed by atoms with E-state index < -0.39 is 5.54 Å². The second-order valence-corrected chi connectivity index (χ2v) is 6.59. The van der Waals surface area contributed by atoms with E-state index in [0.717, 1.165) is 29.3 Å². The first-order valence-corrected chi connectivity index (χ1v) is 7.60. The van der Waals surface area contributed by atoms with Crippen molar-refractivity contribution in [3.63, 3.8) is 0 Å². The quantitative estimate of drug-likeness (QED) is 0.898. The van der Waals surface area contributed by atoms with Crippen LogP contribution in [0.3, 0.4) is 0 Å². The van der Waals surface area contributed by atoms with Gasteiger partial charge in [-0.25, -0.2) is 0 Å². The van der Waals surface area contributed by atoms with Gasteiger partial charge in [0.15, 0.2) is 0 Å². The number of carbonyl (C=O) groups is 1. The van der Waals surface area contributed by atoms with Gasteiger partial charge in [-0.05, 0) is 36.5 Å². The monoisotopic (exact) mass is 324 g/mol. The minimum atomic E-state index is -0.677. The van der Waals surface area contributed by atoms with Gasteiger partial charge in [0.05, 0.1) is 5.54 Å². The lowest BCUT2D eigenvalue weighted by molar-refractivity contribution is -0.128. The standard InChI is InChI=1S/C15H21BrN2O/c1-11-4-3-7-15(17,9-11)14(19)18-10-12-5-2-6-13(16)8-12/h2,5-6,8,11H,3-4,7,9-10,17H2,1H3,(H,18,19). The molecule has 1 saturated carbocycles. The van der Waals surface area contributed by atoms with Crippen LogP contribution in [0, 0.1) is 5.92 Å². The fraction of sp³-hybridized carbons (Fsp3) is 0.533. The van der Waals surface area contributed by atoms with E-state index >= 15 is 0 Å². The number of nitrogens with two attached hydrogens (primary N) is 1. The summed E-state index contributed by atoms with van der Waals surface area (Å²) in [7, 11) is 0. The highest BCUT2D eigenvalue weighted by atomic mass is 79.9. The summed E-state index contributed by atoms with van der Waals surface area (Å²) in [5.41, 5.74) is 6.67. The SMILES string of the molecule is CC1CCCC(N)(C(=O)NCc2cccc(Br)c2)C1. The fourth-order valence-corrected chi connectivity index (χ4v) is 3.25. The van der Waals surface area contributed by atoms with Gasteiger partial charge >= 0.3 is 0 Å². The van der Waals surface area contributed by atoms with Crippen LogP contribution in [0.15, 0.2) is 28.7 Å². The van der Waals surface area contributed by atoms with Gasteiger partial charge in [0.2, 0.25) is 5.91 Å². The highest BCUT2D eigenvalue weighted by molar-refractivity contribution is 9.10. The van der Waals surface area contributed by atoms with Crippen molar-refractivity contribution in [1.82, 2.24) is 5.32 Å². The molecule has 0 aliphatic heterocycles. The molecule has 2 unspecified atom stereocenters. The Morgan fingerprint density at radius 3 is 3.05 bits per heavy atom. The van der Waals surface area contributed by atoms with Crippen molar-refractivity contribution in [2.24, 2.45) is 11.7 Å². The van der Waals surface area contributed by atoms with Crippen LogP contribution in [0.2, 0.25) is 0 Å². The molecule has 3 N–H and O–H groups in total. The zero-order chi connectivity index (χ0) is 13.9. The maximum absolute atomic E-state index is 12.3. The van der Waals surface area contributed by atoms with Crippen LogP contribution >= 0.6 is 15.9 Å². The predicted molar refractivity (Wildman–Crippen MR) is 80.5 cm³/mol. The fourth-order valence-electron chi connectivity index (χ4n) is 2.80. The van der Waals surface area contributed by atoms with Crippen molar-refractivity contribution < 1.29 is 4.79 Å². The summed E-state index contributed by atoms with van der Waals surface area (Å²) in [4.78, 5) is 12.3. The summed E-state index contributed by atoms with van der Waals surface area (Å²) in [6.07, 6.45) is 3.80. The van der Waals surface area contributed by atoms with Crippen LogP contribution in [0.1, 0.15) is 38.2 Å². The molecule has 0 heterocycles. The first-order valence-electron chi connectivity index (χ1n) is 6.81. The Bertz CT molecular complexity index is 463. The Kier molecular flexibility index (Phi) is 4.63. The van der Waals surface area contributed by atoms with E-state index in [1.54, 1.807) is 0 Å². The summed E-state index contributed by atoms with van der Waals surface area (Å²) in [6, 6.07) is 7.94. The van der Waals surface area contributed by atoms with Crippen LogP contribution < -0.4 is 11.1 Å². The number of hydrogen-bond donors (Lipinski definition) is 2. The van der Waals surface area contributed by atoms with Gasteiger partial charge in [0.1, 0.15) is 0 Å². The van der Waals surface area contributed by atoms with Crippen molar-refractivity contribution in [1.29, 1.82) is 0 Å². The maximum Gasteiger partial charge on any atom is 0.240 e. The Morgan fingerprint density at radius 2 is 2.37 bits per heavy atom. The lowest BCUT2D eigenvalue weighted by atomic mass is 9.76. The Morgan fingerprint density at radius 1 is 1.58 bits per heavy atom. The summed E-state index contributed by atoms with van der Waals surface area (Å²) in [5.74, 6) is 0.523. The second-order valence-electron chi connectivity index (χ2n) is 5.67. The van der Waals surface area contributed by atoms with Crippen LogP contribution in [-0.2, 0) is 11.3 Å². The van der Waals surface area contributed by atoms with Gasteiger partial charge < -0.3 is 11.1 Å². The van der Waals surface area contributed by atoms with Gasteiger partial charge in [-0.15, -0.1) is 0 Å². The zero-order valence-electron chi connectivity index (χ0n) is 11.3. The Labute approximate surface area is 123 Å². The van der Waals surface area contributed by atoms with E-state index in [0.29, 0.717) is 12.5 Å². The molecule has 0 radical (unpaired) electrons. The lowest BCUT2D eigenvalue weighted by Crippen LogP contribution is -2.56. The first kappa shape index (κ1) is 14.5. The predicted octanol–water partition coefficient (Wildman–Crippen LogP) is 2.97. The molecule has 19 heavy (non-hydrogen) atoms. The van der Waals surface area contributed by atoms with E-state index in [9.17, 15) is 4.79 Å². The van der Waals surface area contributed by atoms with E-state index in [4.69, 9.17) is 5.73 Å². The molecule has 1 aliphatic carbocycles. The van der Waals surface area contributed by atoms with Crippen molar-refractivity contribution in [3.05, 3.63) is 34.3 Å². The summed E-state index contributed by atoms with van der Waals surface area (Å²) in [5, 5.41) is 2.97. The normalized spacial score (nSPS) is 27.0. The molecule has 2 atom stereocenters. The molecule has 4 heteroatoms. The molecular formula is C15H21BrN2O. The third-order valence-corrected chi connectivity index (χ3v) is 4.32. The number of halogens is 1. The minimum absolute atomic E-state index is 0.0148. The highest BCUT2D eigenvalue weighted by Gasteiger charge is 2.37. The Balaban J connectivity index is 1.94. The largest absolute Gasteiger partial charge is 0.350 e. The summed E-state index contributed by atoms with van der Waals surface area (Å²) < 4.78 is 1.02. The molecule has 2 rings (SSSR count). The van der Waals surface area contributed by atoms with Crippen LogP contribution in [-0.4, -0.2) is 11.4 Å². The molecular weight excluding hydrogens is 304 g/mol. The molecule has 1 aromatic rings.